The van der Waals surface area contributed by atoms with Gasteiger partial charge in [0.15, 0.2) is 0 Å². The maximum absolute atomic E-state index is 5.28. The predicted octanol–water partition coefficient (Wildman–Crippen LogP) is 3.28. The Morgan fingerprint density at radius 3 is 3.00 bits per heavy atom. The van der Waals surface area contributed by atoms with E-state index in [2.05, 4.69) is 22.1 Å². The van der Waals surface area contributed by atoms with Gasteiger partial charge in [-0.2, -0.15) is 0 Å². The number of hydrogen-bond acceptors (Lipinski definition) is 3. The van der Waals surface area contributed by atoms with Gasteiger partial charge >= 0.3 is 0 Å². The molecule has 0 radical (unpaired) electrons. The highest BCUT2D eigenvalue weighted by Crippen LogP contribution is 2.27. The van der Waals surface area contributed by atoms with E-state index in [0.29, 0.717) is 6.61 Å². The van der Waals surface area contributed by atoms with Crippen molar-refractivity contribution in [3.8, 4) is 0 Å². The van der Waals surface area contributed by atoms with Crippen LogP contribution in [-0.4, -0.2) is 9.97 Å². The summed E-state index contributed by atoms with van der Waals surface area (Å²) in [5, 5.41) is 2.29. The van der Waals surface area contributed by atoms with E-state index in [0.717, 1.165) is 33.1 Å². The predicted molar refractivity (Wildman–Crippen MR) is 70.9 cm³/mol. The summed E-state index contributed by atoms with van der Waals surface area (Å²) in [6, 6.07) is 10.2. The van der Waals surface area contributed by atoms with Crippen LogP contribution in [0.25, 0.3) is 27.9 Å². The molecule has 1 aromatic carbocycles. The van der Waals surface area contributed by atoms with Crippen molar-refractivity contribution in [1.29, 1.82) is 0 Å². The van der Waals surface area contributed by atoms with Crippen LogP contribution >= 0.6 is 0 Å². The lowest BCUT2D eigenvalue weighted by atomic mass is 10.0. The highest BCUT2D eigenvalue weighted by Gasteiger charge is 2.10. The van der Waals surface area contributed by atoms with Gasteiger partial charge in [-0.1, -0.05) is 6.07 Å². The molecule has 1 aliphatic heterocycles. The fourth-order valence-corrected chi connectivity index (χ4v) is 2.37. The van der Waals surface area contributed by atoms with Crippen LogP contribution in [0.1, 0.15) is 11.3 Å². The molecule has 3 heterocycles. The molecule has 0 N–H and O–H groups in total. The molecule has 0 fully saturated rings. The van der Waals surface area contributed by atoms with Gasteiger partial charge in [0, 0.05) is 22.5 Å². The molecule has 0 saturated carbocycles. The average Bonchev–Trinajstić information content (AvgIpc) is 2.45. The largest absolute Gasteiger partial charge is 0.495 e. The Kier molecular flexibility index (Phi) is 1.88. The van der Waals surface area contributed by atoms with Crippen molar-refractivity contribution in [1.82, 2.24) is 9.97 Å². The van der Waals surface area contributed by atoms with Crippen LogP contribution < -0.4 is 0 Å². The van der Waals surface area contributed by atoms with Crippen LogP contribution in [0, 0.1) is 0 Å². The Labute approximate surface area is 104 Å². The van der Waals surface area contributed by atoms with Gasteiger partial charge in [-0.15, -0.1) is 0 Å². The monoisotopic (exact) mass is 234 g/mol. The van der Waals surface area contributed by atoms with Gasteiger partial charge in [-0.05, 0) is 30.3 Å². The third-order valence-electron chi connectivity index (χ3n) is 3.26. The molecule has 4 rings (SSSR count). The van der Waals surface area contributed by atoms with Crippen LogP contribution in [-0.2, 0) is 11.3 Å². The Morgan fingerprint density at radius 2 is 2.00 bits per heavy atom. The molecule has 0 bridgehead atoms. The number of hydrogen-bond donors (Lipinski definition) is 0. The molecular formula is C15H10N2O. The lowest BCUT2D eigenvalue weighted by Gasteiger charge is -2.12. The number of pyridine rings is 2. The van der Waals surface area contributed by atoms with Gasteiger partial charge in [0.2, 0.25) is 0 Å². The molecule has 0 aliphatic carbocycles. The maximum atomic E-state index is 5.28. The molecule has 0 unspecified atom stereocenters. The van der Waals surface area contributed by atoms with Crippen LogP contribution in [0.15, 0.2) is 42.8 Å². The van der Waals surface area contributed by atoms with E-state index in [-0.39, 0.29) is 0 Å². The summed E-state index contributed by atoms with van der Waals surface area (Å²) in [7, 11) is 0. The van der Waals surface area contributed by atoms with E-state index in [9.17, 15) is 0 Å². The summed E-state index contributed by atoms with van der Waals surface area (Å²) < 4.78 is 5.28. The third-order valence-corrected chi connectivity index (χ3v) is 3.26. The van der Waals surface area contributed by atoms with Crippen LogP contribution in [0.3, 0.4) is 0 Å². The van der Waals surface area contributed by atoms with Gasteiger partial charge < -0.3 is 4.74 Å². The maximum Gasteiger partial charge on any atom is 0.130 e. The highest BCUT2D eigenvalue weighted by molar-refractivity contribution is 6.05. The summed E-state index contributed by atoms with van der Waals surface area (Å²) in [5.41, 5.74) is 4.12. The lowest BCUT2D eigenvalue weighted by molar-refractivity contribution is 0.230. The number of benzene rings is 1. The summed E-state index contributed by atoms with van der Waals surface area (Å²) in [6.07, 6.45) is 5.49. The van der Waals surface area contributed by atoms with E-state index < -0.39 is 0 Å². The number of nitrogens with zero attached hydrogens (tertiary/aromatic N) is 2. The van der Waals surface area contributed by atoms with E-state index in [1.54, 1.807) is 6.26 Å². The van der Waals surface area contributed by atoms with Crippen molar-refractivity contribution in [3.63, 3.8) is 0 Å². The SMILES string of the molecule is C1=Cc2cc3c(ccc4ncccc43)nc2CO1. The van der Waals surface area contributed by atoms with Gasteiger partial charge in [0.25, 0.3) is 0 Å². The molecule has 0 amide bonds. The molecule has 3 heteroatoms. The number of aromatic nitrogens is 2. The summed E-state index contributed by atoms with van der Waals surface area (Å²) in [4.78, 5) is 9.03. The van der Waals surface area contributed by atoms with Crippen molar-refractivity contribution >= 4 is 27.9 Å². The number of fused-ring (bicyclic) bond motifs is 4. The van der Waals surface area contributed by atoms with E-state index in [4.69, 9.17) is 4.74 Å². The first-order valence-corrected chi connectivity index (χ1v) is 5.87. The van der Waals surface area contributed by atoms with Gasteiger partial charge in [0.05, 0.1) is 23.0 Å². The quantitative estimate of drug-likeness (QED) is 0.560. The molecule has 3 nitrogen and oxygen atoms in total. The van der Waals surface area contributed by atoms with Crippen molar-refractivity contribution in [3.05, 3.63) is 54.0 Å². The second kappa shape index (κ2) is 3.53. The summed E-state index contributed by atoms with van der Waals surface area (Å²) in [5.74, 6) is 0. The smallest absolute Gasteiger partial charge is 0.130 e. The average molecular weight is 234 g/mol. The Bertz CT molecular complexity index is 793. The van der Waals surface area contributed by atoms with Crippen LogP contribution in [0.2, 0.25) is 0 Å². The highest BCUT2D eigenvalue weighted by atomic mass is 16.5. The first-order valence-electron chi connectivity index (χ1n) is 5.87. The molecular weight excluding hydrogens is 224 g/mol. The second-order valence-corrected chi connectivity index (χ2v) is 4.34. The molecule has 86 valence electrons. The first-order chi connectivity index (χ1) is 8.92. The van der Waals surface area contributed by atoms with E-state index in [1.807, 2.05) is 30.5 Å². The molecule has 0 atom stereocenters. The molecule has 0 saturated heterocycles. The van der Waals surface area contributed by atoms with Gasteiger partial charge in [-0.3, -0.25) is 4.98 Å². The first kappa shape index (κ1) is 9.59. The molecule has 2 aromatic heterocycles. The van der Waals surface area contributed by atoms with Gasteiger partial charge in [0.1, 0.15) is 6.61 Å². The van der Waals surface area contributed by atoms with Gasteiger partial charge in [-0.25, -0.2) is 4.98 Å². The molecule has 3 aromatic rings. The zero-order valence-corrected chi connectivity index (χ0v) is 9.63. The van der Waals surface area contributed by atoms with Crippen molar-refractivity contribution < 1.29 is 4.74 Å². The van der Waals surface area contributed by atoms with Crippen LogP contribution in [0.4, 0.5) is 0 Å². The van der Waals surface area contributed by atoms with Crippen molar-refractivity contribution in [2.75, 3.05) is 0 Å². The minimum Gasteiger partial charge on any atom is -0.495 e. The minimum atomic E-state index is 0.548. The Morgan fingerprint density at radius 1 is 1.06 bits per heavy atom. The van der Waals surface area contributed by atoms with E-state index >= 15 is 0 Å². The minimum absolute atomic E-state index is 0.548. The third kappa shape index (κ3) is 1.31. The summed E-state index contributed by atoms with van der Waals surface area (Å²) >= 11 is 0. The fourth-order valence-electron chi connectivity index (χ4n) is 2.37. The second-order valence-electron chi connectivity index (χ2n) is 4.34. The Balaban J connectivity index is 2.16. The zero-order valence-electron chi connectivity index (χ0n) is 9.63. The molecule has 18 heavy (non-hydrogen) atoms. The topological polar surface area (TPSA) is 35.0 Å². The fraction of sp³-hybridized carbons (Fsp3) is 0.0667. The molecule has 1 aliphatic rings. The van der Waals surface area contributed by atoms with Crippen molar-refractivity contribution in [2.45, 2.75) is 6.61 Å². The van der Waals surface area contributed by atoms with Crippen LogP contribution in [0.5, 0.6) is 0 Å². The normalized spacial score (nSPS) is 13.6. The lowest BCUT2D eigenvalue weighted by Crippen LogP contribution is -2.00. The summed E-state index contributed by atoms with van der Waals surface area (Å²) in [6.45, 7) is 0.548. The zero-order chi connectivity index (χ0) is 11.9. The molecule has 0 spiro atoms. The number of ether oxygens (including phenoxy) is 1. The van der Waals surface area contributed by atoms with E-state index in [1.165, 1.54) is 0 Å². The van der Waals surface area contributed by atoms with Crippen molar-refractivity contribution in [2.24, 2.45) is 0 Å². The Hall–Kier alpha value is -2.42. The number of rotatable bonds is 0. The standard InChI is InChI=1S/C15H10N2O/c1-2-11-12-8-10-5-7-18-9-15(10)17-14(12)4-3-13(11)16-6-1/h1-8H,9H2.